The lowest BCUT2D eigenvalue weighted by Gasteiger charge is -2.35. The summed E-state index contributed by atoms with van der Waals surface area (Å²) in [5.74, 6) is 1.86. The van der Waals surface area contributed by atoms with E-state index in [0.29, 0.717) is 36.0 Å². The van der Waals surface area contributed by atoms with Crippen LogP contribution in [0.2, 0.25) is 0 Å². The fourth-order valence-corrected chi connectivity index (χ4v) is 5.72. The lowest BCUT2D eigenvalue weighted by atomic mass is 9.81. The van der Waals surface area contributed by atoms with E-state index < -0.39 is 12.2 Å². The molecule has 0 aromatic heterocycles. The number of methoxy groups -OCH3 is 4. The molecule has 44 heavy (non-hydrogen) atoms. The topological polar surface area (TPSA) is 130 Å². The van der Waals surface area contributed by atoms with E-state index in [1.165, 1.54) is 16.9 Å². The van der Waals surface area contributed by atoms with Crippen molar-refractivity contribution in [3.05, 3.63) is 47.5 Å². The van der Waals surface area contributed by atoms with E-state index in [4.69, 9.17) is 28.4 Å². The molecule has 12 nitrogen and oxygen atoms in total. The summed E-state index contributed by atoms with van der Waals surface area (Å²) in [5.41, 5.74) is 1.58. The van der Waals surface area contributed by atoms with Gasteiger partial charge in [-0.2, -0.15) is 0 Å². The van der Waals surface area contributed by atoms with Crippen molar-refractivity contribution in [1.82, 2.24) is 9.80 Å². The molecule has 4 atom stereocenters. The molecule has 0 radical (unpaired) electrons. The highest BCUT2D eigenvalue weighted by atomic mass is 16.6. The van der Waals surface area contributed by atoms with Gasteiger partial charge in [0.1, 0.15) is 13.2 Å². The molecule has 3 aliphatic heterocycles. The Bertz CT molecular complexity index is 1370. The summed E-state index contributed by atoms with van der Waals surface area (Å²) in [6.07, 6.45) is -0.304. The number of hydrogen-bond donors (Lipinski definition) is 0. The van der Waals surface area contributed by atoms with Crippen molar-refractivity contribution >= 4 is 24.0 Å². The predicted octanol–water partition coefficient (Wildman–Crippen LogP) is 4.42. The Hall–Kier alpha value is -4.48. The molecule has 0 saturated carbocycles. The summed E-state index contributed by atoms with van der Waals surface area (Å²) in [7, 11) is 6.21. The summed E-state index contributed by atoms with van der Waals surface area (Å²) in [6.45, 7) is 6.52. The van der Waals surface area contributed by atoms with Gasteiger partial charge in [-0.1, -0.05) is 32.9 Å². The van der Waals surface area contributed by atoms with Crippen LogP contribution in [0.5, 0.6) is 23.0 Å². The minimum atomic E-state index is -0.566. The monoisotopic (exact) mass is 612 g/mol. The molecule has 3 saturated heterocycles. The molecule has 4 amide bonds. The summed E-state index contributed by atoms with van der Waals surface area (Å²) >= 11 is 0. The third kappa shape index (κ3) is 6.53. The van der Waals surface area contributed by atoms with Crippen LogP contribution in [-0.4, -0.2) is 87.5 Å². The van der Waals surface area contributed by atoms with Gasteiger partial charge in [0.15, 0.2) is 23.0 Å². The second-order valence-electron chi connectivity index (χ2n) is 11.3. The molecule has 0 spiro atoms. The van der Waals surface area contributed by atoms with Crippen LogP contribution in [0.1, 0.15) is 44.2 Å². The van der Waals surface area contributed by atoms with Gasteiger partial charge in [0.25, 0.3) is 0 Å². The van der Waals surface area contributed by atoms with Gasteiger partial charge in [0, 0.05) is 0 Å². The molecule has 238 valence electrons. The van der Waals surface area contributed by atoms with E-state index in [0.717, 1.165) is 11.1 Å². The van der Waals surface area contributed by atoms with Gasteiger partial charge < -0.3 is 28.4 Å². The van der Waals surface area contributed by atoms with Crippen LogP contribution in [0.25, 0.3) is 0 Å². The average molecular weight is 613 g/mol. The molecule has 1 unspecified atom stereocenters. The minimum absolute atomic E-state index is 0.110. The second kappa shape index (κ2) is 13.9. The number of fused-ring (bicyclic) bond motifs is 1. The maximum atomic E-state index is 12.7. The molecule has 0 bridgehead atoms. The first-order valence-electron chi connectivity index (χ1n) is 14.5. The second-order valence-corrected chi connectivity index (χ2v) is 11.3. The first kappa shape index (κ1) is 32.4. The van der Waals surface area contributed by atoms with Crippen LogP contribution in [0, 0.1) is 11.8 Å². The molecule has 3 fully saturated rings. The van der Waals surface area contributed by atoms with E-state index in [1.807, 2.05) is 26.8 Å². The SMILES string of the molecule is COc1ccc(CC(=O)N2C(=O)OC[C@@H]2C(C)C)cc1OC.COc1ccc([C@@H]2CC(C)[C@H]3COC(=O)N3C2=O)cc1OC. The van der Waals surface area contributed by atoms with E-state index in [-0.39, 0.29) is 54.7 Å². The Labute approximate surface area is 257 Å². The van der Waals surface area contributed by atoms with Crippen LogP contribution >= 0.6 is 0 Å². The van der Waals surface area contributed by atoms with Gasteiger partial charge in [-0.05, 0) is 53.6 Å². The highest BCUT2D eigenvalue weighted by Crippen LogP contribution is 2.40. The zero-order chi connectivity index (χ0) is 32.1. The number of amides is 4. The summed E-state index contributed by atoms with van der Waals surface area (Å²) < 4.78 is 30.9. The third-order valence-electron chi connectivity index (χ3n) is 8.26. The molecule has 3 heterocycles. The van der Waals surface area contributed by atoms with Gasteiger partial charge in [0.05, 0.1) is 52.9 Å². The van der Waals surface area contributed by atoms with E-state index in [9.17, 15) is 19.2 Å². The molecule has 0 aliphatic carbocycles. The van der Waals surface area contributed by atoms with Crippen LogP contribution < -0.4 is 18.9 Å². The van der Waals surface area contributed by atoms with Crippen LogP contribution in [0.3, 0.4) is 0 Å². The summed E-state index contributed by atoms with van der Waals surface area (Å²) in [5, 5.41) is 0. The number of rotatable bonds is 8. The number of hydrogen-bond acceptors (Lipinski definition) is 10. The number of imide groups is 2. The molecule has 0 N–H and O–H groups in total. The fourth-order valence-electron chi connectivity index (χ4n) is 5.72. The number of cyclic esters (lactones) is 2. The molecule has 12 heteroatoms. The molecular formula is C32H40N2O10. The first-order valence-corrected chi connectivity index (χ1v) is 14.5. The van der Waals surface area contributed by atoms with Crippen molar-refractivity contribution in [3.63, 3.8) is 0 Å². The zero-order valence-corrected chi connectivity index (χ0v) is 26.2. The Kier molecular flexibility index (Phi) is 10.2. The van der Waals surface area contributed by atoms with Crippen LogP contribution in [0.4, 0.5) is 9.59 Å². The molecule has 2 aromatic rings. The van der Waals surface area contributed by atoms with E-state index in [2.05, 4.69) is 0 Å². The van der Waals surface area contributed by atoms with Gasteiger partial charge in [-0.15, -0.1) is 0 Å². The highest BCUT2D eigenvalue weighted by molar-refractivity contribution is 5.98. The largest absolute Gasteiger partial charge is 0.493 e. The van der Waals surface area contributed by atoms with Crippen molar-refractivity contribution < 1.29 is 47.6 Å². The Morgan fingerprint density at radius 2 is 1.43 bits per heavy atom. The number of ether oxygens (including phenoxy) is 6. The molecule has 5 rings (SSSR count). The lowest BCUT2D eigenvalue weighted by Crippen LogP contribution is -2.49. The number of piperidine rings is 1. The maximum Gasteiger partial charge on any atom is 0.417 e. The van der Waals surface area contributed by atoms with Crippen molar-refractivity contribution in [2.24, 2.45) is 11.8 Å². The summed E-state index contributed by atoms with van der Waals surface area (Å²) in [6, 6.07) is 10.3. The van der Waals surface area contributed by atoms with Gasteiger partial charge >= 0.3 is 12.2 Å². The molecule has 2 aromatic carbocycles. The predicted molar refractivity (Wildman–Crippen MR) is 158 cm³/mol. The van der Waals surface area contributed by atoms with Crippen molar-refractivity contribution in [1.29, 1.82) is 0 Å². The van der Waals surface area contributed by atoms with E-state index >= 15 is 0 Å². The van der Waals surface area contributed by atoms with E-state index in [1.54, 1.807) is 51.7 Å². The smallest absolute Gasteiger partial charge is 0.417 e. The fraction of sp³-hybridized carbons (Fsp3) is 0.500. The number of carbonyl (C=O) groups is 4. The molecule has 3 aliphatic rings. The summed E-state index contributed by atoms with van der Waals surface area (Å²) in [4.78, 5) is 51.2. The number of nitrogens with zero attached hydrogens (tertiary/aromatic N) is 2. The first-order chi connectivity index (χ1) is 21.0. The average Bonchev–Trinajstić information content (AvgIpc) is 3.62. The van der Waals surface area contributed by atoms with Crippen molar-refractivity contribution in [3.8, 4) is 23.0 Å². The lowest BCUT2D eigenvalue weighted by molar-refractivity contribution is -0.135. The number of carbonyl (C=O) groups excluding carboxylic acids is 4. The van der Waals surface area contributed by atoms with Crippen molar-refractivity contribution in [2.45, 2.75) is 51.6 Å². The van der Waals surface area contributed by atoms with Crippen molar-refractivity contribution in [2.75, 3.05) is 41.7 Å². The van der Waals surface area contributed by atoms with Gasteiger partial charge in [-0.3, -0.25) is 9.59 Å². The van der Waals surface area contributed by atoms with Gasteiger partial charge in [0.2, 0.25) is 11.8 Å². The minimum Gasteiger partial charge on any atom is -0.493 e. The normalized spacial score (nSPS) is 22.5. The van der Waals surface area contributed by atoms with Crippen LogP contribution in [0.15, 0.2) is 36.4 Å². The quantitative estimate of drug-likeness (QED) is 0.422. The van der Waals surface area contributed by atoms with Gasteiger partial charge in [-0.25, -0.2) is 19.4 Å². The standard InChI is InChI=1S/C16H19NO5.C16H21NO5/c1-9-6-11(15(18)17-12(9)8-22-16(17)19)10-4-5-13(20-2)14(7-10)21-3;1-10(2)12-9-22-16(19)17(12)15(18)8-11-5-6-13(20-3)14(7-11)21-4/h4-5,7,9,11-12H,6,8H2,1-3H3;5-7,10,12H,8-9H2,1-4H3/t9?,11-,12+;12-/m01/s1. The molecular weight excluding hydrogens is 572 g/mol. The number of benzene rings is 2. The maximum absolute atomic E-state index is 12.7. The Morgan fingerprint density at radius 3 is 2.05 bits per heavy atom. The van der Waals surface area contributed by atoms with Crippen LogP contribution in [-0.2, 0) is 25.5 Å². The Balaban J connectivity index is 0.000000201. The highest BCUT2D eigenvalue weighted by Gasteiger charge is 2.48. The third-order valence-corrected chi connectivity index (χ3v) is 8.26. The Morgan fingerprint density at radius 1 is 0.841 bits per heavy atom. The zero-order valence-electron chi connectivity index (χ0n) is 26.2.